The fraction of sp³-hybridized carbons (Fsp3) is 0.750. The van der Waals surface area contributed by atoms with Gasteiger partial charge in [0, 0.05) is 38.4 Å². The SMILES string of the molecule is CCOC(=O)N1CCN(C(=O)CCSCC(N)=O)CC1. The number of carbonyl (C=O) groups is 3. The number of nitrogens with two attached hydrogens (primary N) is 1. The molecule has 0 unspecified atom stereocenters. The van der Waals surface area contributed by atoms with Gasteiger partial charge in [-0.25, -0.2) is 4.79 Å². The highest BCUT2D eigenvalue weighted by Gasteiger charge is 2.24. The first-order valence-corrected chi connectivity index (χ1v) is 7.75. The standard InChI is InChI=1S/C12H21N3O4S/c1-2-19-12(18)15-6-4-14(5-7-15)11(17)3-8-20-9-10(13)16/h2-9H2,1H3,(H2,13,16). The number of amides is 3. The first-order chi connectivity index (χ1) is 9.54. The second-order valence-corrected chi connectivity index (χ2v) is 5.44. The molecule has 0 atom stereocenters. The van der Waals surface area contributed by atoms with E-state index in [-0.39, 0.29) is 23.7 Å². The minimum atomic E-state index is -0.370. The first kappa shape index (κ1) is 16.6. The smallest absolute Gasteiger partial charge is 0.409 e. The van der Waals surface area contributed by atoms with Gasteiger partial charge < -0.3 is 20.3 Å². The summed E-state index contributed by atoms with van der Waals surface area (Å²) in [6.07, 6.45) is 0.0637. The molecule has 0 aliphatic carbocycles. The topological polar surface area (TPSA) is 92.9 Å². The molecule has 0 saturated carbocycles. The number of hydrogen-bond acceptors (Lipinski definition) is 5. The van der Waals surface area contributed by atoms with Crippen molar-refractivity contribution in [2.24, 2.45) is 5.73 Å². The molecule has 1 rings (SSSR count). The van der Waals surface area contributed by atoms with Crippen LogP contribution in [0.15, 0.2) is 0 Å². The van der Waals surface area contributed by atoms with Crippen LogP contribution in [-0.2, 0) is 14.3 Å². The highest BCUT2D eigenvalue weighted by molar-refractivity contribution is 7.99. The van der Waals surface area contributed by atoms with Crippen molar-refractivity contribution in [2.75, 3.05) is 44.3 Å². The highest BCUT2D eigenvalue weighted by atomic mass is 32.2. The predicted octanol–water partition coefficient (Wildman–Crippen LogP) is -0.104. The molecule has 3 amide bonds. The van der Waals surface area contributed by atoms with Crippen molar-refractivity contribution < 1.29 is 19.1 Å². The summed E-state index contributed by atoms with van der Waals surface area (Å²) in [5, 5.41) is 0. The second-order valence-electron chi connectivity index (χ2n) is 4.34. The largest absolute Gasteiger partial charge is 0.450 e. The van der Waals surface area contributed by atoms with E-state index in [1.165, 1.54) is 11.8 Å². The molecule has 2 N–H and O–H groups in total. The number of rotatable bonds is 6. The van der Waals surface area contributed by atoms with Crippen molar-refractivity contribution in [1.82, 2.24) is 9.80 Å². The molecular weight excluding hydrogens is 282 g/mol. The average molecular weight is 303 g/mol. The fourth-order valence-corrected chi connectivity index (χ4v) is 2.51. The van der Waals surface area contributed by atoms with E-state index in [0.717, 1.165) is 0 Å². The molecule has 0 aromatic rings. The van der Waals surface area contributed by atoms with Crippen molar-refractivity contribution in [1.29, 1.82) is 0 Å². The maximum Gasteiger partial charge on any atom is 0.409 e. The molecule has 1 aliphatic rings. The molecule has 0 radical (unpaired) electrons. The Balaban J connectivity index is 2.22. The summed E-state index contributed by atoms with van der Waals surface area (Å²) in [5.74, 6) is 0.500. The lowest BCUT2D eigenvalue weighted by molar-refractivity contribution is -0.132. The number of hydrogen-bond donors (Lipinski definition) is 1. The molecule has 20 heavy (non-hydrogen) atoms. The van der Waals surface area contributed by atoms with Gasteiger partial charge in [-0.2, -0.15) is 11.8 Å². The third-order valence-electron chi connectivity index (χ3n) is 2.86. The van der Waals surface area contributed by atoms with Crippen LogP contribution in [0.4, 0.5) is 4.79 Å². The van der Waals surface area contributed by atoms with E-state index in [4.69, 9.17) is 10.5 Å². The monoisotopic (exact) mass is 303 g/mol. The lowest BCUT2D eigenvalue weighted by Gasteiger charge is -2.34. The predicted molar refractivity (Wildman–Crippen MR) is 76.3 cm³/mol. The molecule has 0 spiro atoms. The molecule has 1 saturated heterocycles. The van der Waals surface area contributed by atoms with E-state index in [0.29, 0.717) is 45.0 Å². The molecule has 7 nitrogen and oxygen atoms in total. The quantitative estimate of drug-likeness (QED) is 0.691. The van der Waals surface area contributed by atoms with E-state index in [1.54, 1.807) is 16.7 Å². The van der Waals surface area contributed by atoms with Gasteiger partial charge in [-0.3, -0.25) is 9.59 Å². The molecule has 0 aromatic carbocycles. The van der Waals surface area contributed by atoms with E-state index in [2.05, 4.69) is 0 Å². The Kier molecular flexibility index (Phi) is 7.21. The zero-order chi connectivity index (χ0) is 15.0. The van der Waals surface area contributed by atoms with Crippen LogP contribution >= 0.6 is 11.8 Å². The highest BCUT2D eigenvalue weighted by Crippen LogP contribution is 2.08. The first-order valence-electron chi connectivity index (χ1n) is 6.60. The molecule has 114 valence electrons. The Hall–Kier alpha value is -1.44. The summed E-state index contributed by atoms with van der Waals surface area (Å²) in [7, 11) is 0. The van der Waals surface area contributed by atoms with Gasteiger partial charge in [0.1, 0.15) is 0 Å². The molecule has 1 fully saturated rings. The van der Waals surface area contributed by atoms with Gasteiger partial charge in [0.05, 0.1) is 12.4 Å². The average Bonchev–Trinajstić information content (AvgIpc) is 2.43. The molecule has 1 heterocycles. The third-order valence-corrected chi connectivity index (χ3v) is 3.84. The number of piperazine rings is 1. The van der Waals surface area contributed by atoms with E-state index >= 15 is 0 Å². The second kappa shape index (κ2) is 8.68. The van der Waals surface area contributed by atoms with Crippen molar-refractivity contribution in [3.63, 3.8) is 0 Å². The normalized spacial score (nSPS) is 15.1. The Labute approximate surface area is 122 Å². The van der Waals surface area contributed by atoms with Crippen LogP contribution in [0, 0.1) is 0 Å². The molecule has 0 bridgehead atoms. The van der Waals surface area contributed by atoms with Crippen LogP contribution < -0.4 is 5.73 Å². The minimum absolute atomic E-state index is 0.0467. The van der Waals surface area contributed by atoms with E-state index in [1.807, 2.05) is 0 Å². The van der Waals surface area contributed by atoms with Gasteiger partial charge in [0.25, 0.3) is 0 Å². The number of carbonyl (C=O) groups excluding carboxylic acids is 3. The van der Waals surface area contributed by atoms with Crippen molar-refractivity contribution in [2.45, 2.75) is 13.3 Å². The van der Waals surface area contributed by atoms with Crippen molar-refractivity contribution in [3.8, 4) is 0 Å². The zero-order valence-electron chi connectivity index (χ0n) is 11.7. The van der Waals surface area contributed by atoms with Crippen LogP contribution in [-0.4, -0.2) is 72.0 Å². The Bertz CT molecular complexity index is 357. The number of ether oxygens (including phenoxy) is 1. The van der Waals surface area contributed by atoms with Gasteiger partial charge in [0.15, 0.2) is 0 Å². The summed E-state index contributed by atoms with van der Waals surface area (Å²) < 4.78 is 4.92. The van der Waals surface area contributed by atoms with Gasteiger partial charge in [-0.15, -0.1) is 0 Å². The van der Waals surface area contributed by atoms with Crippen molar-refractivity contribution in [3.05, 3.63) is 0 Å². The maximum atomic E-state index is 11.9. The van der Waals surface area contributed by atoms with Crippen LogP contribution in [0.5, 0.6) is 0 Å². The minimum Gasteiger partial charge on any atom is -0.450 e. The molecule has 8 heteroatoms. The van der Waals surface area contributed by atoms with Gasteiger partial charge in [-0.05, 0) is 6.92 Å². The Morgan fingerprint density at radius 3 is 2.30 bits per heavy atom. The Morgan fingerprint density at radius 2 is 1.75 bits per heavy atom. The van der Waals surface area contributed by atoms with Crippen LogP contribution in [0.1, 0.15) is 13.3 Å². The lowest BCUT2D eigenvalue weighted by atomic mass is 10.3. The molecular formula is C12H21N3O4S. The van der Waals surface area contributed by atoms with Gasteiger partial charge >= 0.3 is 6.09 Å². The Morgan fingerprint density at radius 1 is 1.15 bits per heavy atom. The zero-order valence-corrected chi connectivity index (χ0v) is 12.5. The summed E-state index contributed by atoms with van der Waals surface area (Å²) in [5.41, 5.74) is 5.02. The molecule has 1 aliphatic heterocycles. The van der Waals surface area contributed by atoms with Crippen LogP contribution in [0.25, 0.3) is 0 Å². The summed E-state index contributed by atoms with van der Waals surface area (Å²) in [6, 6.07) is 0. The number of nitrogens with zero attached hydrogens (tertiary/aromatic N) is 2. The lowest BCUT2D eigenvalue weighted by Crippen LogP contribution is -2.50. The van der Waals surface area contributed by atoms with E-state index in [9.17, 15) is 14.4 Å². The van der Waals surface area contributed by atoms with Crippen LogP contribution in [0.2, 0.25) is 0 Å². The number of thioether (sulfide) groups is 1. The fourth-order valence-electron chi connectivity index (χ4n) is 1.84. The third kappa shape index (κ3) is 5.68. The molecule has 0 aromatic heterocycles. The van der Waals surface area contributed by atoms with Crippen LogP contribution in [0.3, 0.4) is 0 Å². The van der Waals surface area contributed by atoms with Gasteiger partial charge in [0.2, 0.25) is 11.8 Å². The maximum absolute atomic E-state index is 11.9. The summed E-state index contributed by atoms with van der Waals surface area (Å²) in [4.78, 5) is 37.3. The summed E-state index contributed by atoms with van der Waals surface area (Å²) >= 11 is 1.36. The number of primary amides is 1. The van der Waals surface area contributed by atoms with Gasteiger partial charge in [-0.1, -0.05) is 0 Å². The summed E-state index contributed by atoms with van der Waals surface area (Å²) in [6.45, 7) is 4.17. The van der Waals surface area contributed by atoms with Crippen molar-refractivity contribution >= 4 is 29.7 Å². The van der Waals surface area contributed by atoms with E-state index < -0.39 is 0 Å².